The molecule has 1 heterocycles. The minimum atomic E-state index is -0.0850. The number of amides is 1. The highest BCUT2D eigenvalue weighted by Crippen LogP contribution is 2.24. The maximum Gasteiger partial charge on any atom is 0.251 e. The molecular formula is C21H25IN4O2. The third-order valence-corrected chi connectivity index (χ3v) is 4.32. The lowest BCUT2D eigenvalue weighted by Gasteiger charge is -2.12. The molecule has 0 saturated heterocycles. The van der Waals surface area contributed by atoms with Crippen molar-refractivity contribution in [3.63, 3.8) is 0 Å². The van der Waals surface area contributed by atoms with Crippen molar-refractivity contribution in [2.75, 3.05) is 20.1 Å². The number of aliphatic imine (C=N–C) groups is 1. The van der Waals surface area contributed by atoms with Gasteiger partial charge in [-0.05, 0) is 25.1 Å². The first-order chi connectivity index (χ1) is 13.2. The minimum absolute atomic E-state index is 0. The Morgan fingerprint density at radius 1 is 0.964 bits per heavy atom. The highest BCUT2D eigenvalue weighted by Gasteiger charge is 2.10. The number of fused-ring (bicyclic) bond motifs is 1. The van der Waals surface area contributed by atoms with Gasteiger partial charge in [0.2, 0.25) is 0 Å². The molecule has 0 aliphatic rings. The molecule has 0 bridgehead atoms. The van der Waals surface area contributed by atoms with E-state index in [0.29, 0.717) is 31.2 Å². The van der Waals surface area contributed by atoms with Crippen molar-refractivity contribution < 1.29 is 9.21 Å². The first-order valence-corrected chi connectivity index (χ1v) is 8.94. The zero-order valence-electron chi connectivity index (χ0n) is 16.0. The van der Waals surface area contributed by atoms with Crippen molar-refractivity contribution in [2.45, 2.75) is 13.5 Å². The molecule has 28 heavy (non-hydrogen) atoms. The van der Waals surface area contributed by atoms with Gasteiger partial charge < -0.3 is 20.4 Å². The largest absolute Gasteiger partial charge is 0.459 e. The van der Waals surface area contributed by atoms with Gasteiger partial charge in [-0.2, -0.15) is 0 Å². The van der Waals surface area contributed by atoms with Gasteiger partial charge in [-0.15, -0.1) is 24.0 Å². The van der Waals surface area contributed by atoms with E-state index in [0.717, 1.165) is 22.3 Å². The van der Waals surface area contributed by atoms with Crippen molar-refractivity contribution in [1.82, 2.24) is 16.0 Å². The van der Waals surface area contributed by atoms with E-state index in [-0.39, 0.29) is 29.9 Å². The highest BCUT2D eigenvalue weighted by atomic mass is 127. The second-order valence-electron chi connectivity index (χ2n) is 6.12. The fourth-order valence-electron chi connectivity index (χ4n) is 2.83. The molecule has 0 unspecified atom stereocenters. The second-order valence-corrected chi connectivity index (χ2v) is 6.12. The average Bonchev–Trinajstić information content (AvgIpc) is 3.04. The van der Waals surface area contributed by atoms with Gasteiger partial charge in [0.25, 0.3) is 5.91 Å². The van der Waals surface area contributed by atoms with Crippen LogP contribution in [0.15, 0.2) is 64.0 Å². The quantitative estimate of drug-likeness (QED) is 0.213. The lowest BCUT2D eigenvalue weighted by molar-refractivity contribution is 0.0954. The number of aryl methyl sites for hydroxylation is 1. The smallest absolute Gasteiger partial charge is 0.251 e. The Balaban J connectivity index is 0.00000280. The standard InChI is InChI=1S/C21H24N4O2.HI/c1-15-17-10-6-7-11-18(17)27-19(15)14-25-21(22-2)24-13-12-23-20(26)16-8-4-3-5-9-16;/h3-11H,12-14H2,1-2H3,(H,23,26)(H2,22,24,25);1H. The summed E-state index contributed by atoms with van der Waals surface area (Å²) in [5, 5.41) is 10.4. The van der Waals surface area contributed by atoms with Crippen molar-refractivity contribution in [3.05, 3.63) is 71.5 Å². The molecule has 0 spiro atoms. The molecule has 3 aromatic rings. The Bertz CT molecular complexity index is 938. The molecule has 3 rings (SSSR count). The van der Waals surface area contributed by atoms with Crippen LogP contribution in [0.5, 0.6) is 0 Å². The van der Waals surface area contributed by atoms with E-state index in [1.165, 1.54) is 0 Å². The Kier molecular flexibility index (Phi) is 8.31. The number of furan rings is 1. The van der Waals surface area contributed by atoms with Gasteiger partial charge in [0.05, 0.1) is 6.54 Å². The molecule has 1 amide bonds. The molecule has 0 aliphatic heterocycles. The molecule has 148 valence electrons. The first-order valence-electron chi connectivity index (χ1n) is 8.94. The van der Waals surface area contributed by atoms with E-state index < -0.39 is 0 Å². The van der Waals surface area contributed by atoms with Crippen LogP contribution < -0.4 is 16.0 Å². The maximum absolute atomic E-state index is 12.0. The molecule has 7 heteroatoms. The predicted molar refractivity (Wildman–Crippen MR) is 123 cm³/mol. The lowest BCUT2D eigenvalue weighted by atomic mass is 10.1. The van der Waals surface area contributed by atoms with Gasteiger partial charge in [0, 0.05) is 36.7 Å². The Morgan fingerprint density at radius 3 is 2.36 bits per heavy atom. The summed E-state index contributed by atoms with van der Waals surface area (Å²) in [6.07, 6.45) is 0. The number of nitrogens with one attached hydrogen (secondary N) is 3. The molecule has 6 nitrogen and oxygen atoms in total. The number of benzene rings is 2. The van der Waals surface area contributed by atoms with E-state index in [2.05, 4.69) is 33.9 Å². The number of rotatable bonds is 6. The number of nitrogens with zero attached hydrogens (tertiary/aromatic N) is 1. The summed E-state index contributed by atoms with van der Waals surface area (Å²) in [6, 6.07) is 17.2. The van der Waals surface area contributed by atoms with Crippen molar-refractivity contribution in [1.29, 1.82) is 0 Å². The number of carbonyl (C=O) groups excluding carboxylic acids is 1. The SMILES string of the molecule is CN=C(NCCNC(=O)c1ccccc1)NCc1oc2ccccc2c1C.I. The topological polar surface area (TPSA) is 78.7 Å². The molecule has 3 N–H and O–H groups in total. The third-order valence-electron chi connectivity index (χ3n) is 4.32. The monoisotopic (exact) mass is 492 g/mol. The molecule has 0 fully saturated rings. The molecule has 1 aromatic heterocycles. The van der Waals surface area contributed by atoms with Crippen LogP contribution in [0.3, 0.4) is 0 Å². The molecule has 0 aliphatic carbocycles. The third kappa shape index (κ3) is 5.48. The number of para-hydroxylation sites is 1. The molecule has 0 radical (unpaired) electrons. The number of hydrogen-bond acceptors (Lipinski definition) is 3. The summed E-state index contributed by atoms with van der Waals surface area (Å²) in [6.45, 7) is 3.66. The molecule has 2 aromatic carbocycles. The minimum Gasteiger partial charge on any atom is -0.459 e. The van der Waals surface area contributed by atoms with Crippen molar-refractivity contribution in [3.8, 4) is 0 Å². The van der Waals surface area contributed by atoms with Gasteiger partial charge in [-0.25, -0.2) is 0 Å². The predicted octanol–water partition coefficient (Wildman–Crippen LogP) is 3.45. The van der Waals surface area contributed by atoms with Gasteiger partial charge in [-0.1, -0.05) is 36.4 Å². The Morgan fingerprint density at radius 2 is 1.64 bits per heavy atom. The van der Waals surface area contributed by atoms with Gasteiger partial charge in [-0.3, -0.25) is 9.79 Å². The summed E-state index contributed by atoms with van der Waals surface area (Å²) >= 11 is 0. The second kappa shape index (κ2) is 10.7. The summed E-state index contributed by atoms with van der Waals surface area (Å²) in [5.41, 5.74) is 2.67. The summed E-state index contributed by atoms with van der Waals surface area (Å²) in [4.78, 5) is 16.2. The summed E-state index contributed by atoms with van der Waals surface area (Å²) in [5.74, 6) is 1.46. The van der Waals surface area contributed by atoms with E-state index in [4.69, 9.17) is 4.42 Å². The fraction of sp³-hybridized carbons (Fsp3) is 0.238. The number of guanidine groups is 1. The van der Waals surface area contributed by atoms with E-state index in [1.54, 1.807) is 19.2 Å². The molecule has 0 saturated carbocycles. The average molecular weight is 492 g/mol. The highest BCUT2D eigenvalue weighted by molar-refractivity contribution is 14.0. The Hall–Kier alpha value is -2.55. The summed E-state index contributed by atoms with van der Waals surface area (Å²) < 4.78 is 5.90. The zero-order chi connectivity index (χ0) is 19.1. The van der Waals surface area contributed by atoms with Crippen LogP contribution in [-0.2, 0) is 6.54 Å². The Labute approximate surface area is 181 Å². The van der Waals surface area contributed by atoms with Crippen LogP contribution in [-0.4, -0.2) is 32.0 Å². The number of hydrogen-bond donors (Lipinski definition) is 3. The van der Waals surface area contributed by atoms with E-state index in [1.807, 2.05) is 36.4 Å². The van der Waals surface area contributed by atoms with Crippen LogP contribution in [0, 0.1) is 6.92 Å². The van der Waals surface area contributed by atoms with Crippen LogP contribution in [0.25, 0.3) is 11.0 Å². The van der Waals surface area contributed by atoms with Crippen LogP contribution in [0.1, 0.15) is 21.7 Å². The molecule has 0 atom stereocenters. The number of carbonyl (C=O) groups is 1. The van der Waals surface area contributed by atoms with Crippen LogP contribution in [0.4, 0.5) is 0 Å². The van der Waals surface area contributed by atoms with Gasteiger partial charge in [0.1, 0.15) is 11.3 Å². The van der Waals surface area contributed by atoms with Crippen molar-refractivity contribution >= 4 is 46.8 Å². The van der Waals surface area contributed by atoms with Crippen LogP contribution in [0.2, 0.25) is 0 Å². The normalized spacial score (nSPS) is 11.0. The van der Waals surface area contributed by atoms with E-state index >= 15 is 0 Å². The first kappa shape index (κ1) is 21.7. The van der Waals surface area contributed by atoms with Crippen molar-refractivity contribution in [2.24, 2.45) is 4.99 Å². The number of halogens is 1. The fourth-order valence-corrected chi connectivity index (χ4v) is 2.83. The van der Waals surface area contributed by atoms with Gasteiger partial charge in [0.15, 0.2) is 5.96 Å². The molecular weight excluding hydrogens is 467 g/mol. The van der Waals surface area contributed by atoms with E-state index in [9.17, 15) is 4.79 Å². The zero-order valence-corrected chi connectivity index (χ0v) is 18.3. The van der Waals surface area contributed by atoms with Gasteiger partial charge >= 0.3 is 0 Å². The lowest BCUT2D eigenvalue weighted by Crippen LogP contribution is -2.41. The maximum atomic E-state index is 12.0. The summed E-state index contributed by atoms with van der Waals surface area (Å²) in [7, 11) is 1.71. The van der Waals surface area contributed by atoms with Crippen LogP contribution >= 0.6 is 24.0 Å².